The summed E-state index contributed by atoms with van der Waals surface area (Å²) in [6.07, 6.45) is 1.37. The molecule has 1 aliphatic rings. The highest BCUT2D eigenvalue weighted by atomic mass is 32.1. The van der Waals surface area contributed by atoms with E-state index in [4.69, 9.17) is 0 Å². The van der Waals surface area contributed by atoms with Gasteiger partial charge in [0.1, 0.15) is 0 Å². The predicted molar refractivity (Wildman–Crippen MR) is 43.8 cm³/mol. The molecule has 54 valence electrons. The Morgan fingerprint density at radius 1 is 1.56 bits per heavy atom. The molecule has 0 aromatic carbocycles. The van der Waals surface area contributed by atoms with Crippen LogP contribution in [0.15, 0.2) is 0 Å². The van der Waals surface area contributed by atoms with Crippen LogP contribution >= 0.6 is 12.6 Å². The maximum absolute atomic E-state index is 4.28. The normalized spacial score (nSPS) is 33.0. The molecule has 1 fully saturated rings. The topological polar surface area (TPSA) is 0 Å². The molecule has 1 heterocycles. The van der Waals surface area contributed by atoms with Crippen LogP contribution < -0.4 is 0 Å². The highest BCUT2D eigenvalue weighted by Crippen LogP contribution is 2.20. The minimum Gasteiger partial charge on any atom is -0.328 e. The van der Waals surface area contributed by atoms with E-state index in [1.54, 1.807) is 0 Å². The van der Waals surface area contributed by atoms with E-state index >= 15 is 0 Å². The molecule has 0 aromatic rings. The number of hydrogen-bond acceptors (Lipinski definition) is 1. The zero-order valence-electron chi connectivity index (χ0n) is 6.30. The number of hydrogen-bond donors (Lipinski definition) is 1. The van der Waals surface area contributed by atoms with Gasteiger partial charge < -0.3 is 4.48 Å². The molecular formula is C7H16NS+. The van der Waals surface area contributed by atoms with Gasteiger partial charge in [0.2, 0.25) is 0 Å². The van der Waals surface area contributed by atoms with Crippen molar-refractivity contribution in [1.82, 2.24) is 0 Å². The van der Waals surface area contributed by atoms with Gasteiger partial charge in [-0.15, -0.1) is 0 Å². The maximum Gasteiger partial charge on any atom is 0.0821 e. The summed E-state index contributed by atoms with van der Waals surface area (Å²) in [6.45, 7) is 2.66. The Bertz CT molecular complexity index is 101. The summed E-state index contributed by atoms with van der Waals surface area (Å²) in [5.41, 5.74) is 0. The zero-order chi connectivity index (χ0) is 6.91. The second-order valence-electron chi connectivity index (χ2n) is 3.68. The minimum absolute atomic E-state index is 0.878. The van der Waals surface area contributed by atoms with Gasteiger partial charge in [-0.3, -0.25) is 0 Å². The highest BCUT2D eigenvalue weighted by molar-refractivity contribution is 7.80. The molecule has 0 bridgehead atoms. The minimum atomic E-state index is 0.878. The van der Waals surface area contributed by atoms with Gasteiger partial charge in [-0.25, -0.2) is 0 Å². The Morgan fingerprint density at radius 2 is 2.22 bits per heavy atom. The highest BCUT2D eigenvalue weighted by Gasteiger charge is 2.29. The second-order valence-corrected chi connectivity index (χ2v) is 4.04. The molecule has 0 spiro atoms. The van der Waals surface area contributed by atoms with Crippen LogP contribution in [0.25, 0.3) is 0 Å². The quantitative estimate of drug-likeness (QED) is 0.414. The monoisotopic (exact) mass is 146 g/mol. The Balaban J connectivity index is 2.38. The van der Waals surface area contributed by atoms with Crippen LogP contribution in [0.5, 0.6) is 0 Å². The van der Waals surface area contributed by atoms with E-state index in [0.717, 1.165) is 11.7 Å². The van der Waals surface area contributed by atoms with Crippen LogP contribution in [-0.2, 0) is 0 Å². The molecule has 0 amide bonds. The second kappa shape index (κ2) is 2.51. The molecule has 1 saturated heterocycles. The Kier molecular flexibility index (Phi) is 2.07. The molecule has 2 heteroatoms. The standard InChI is InChI=1S/C7H15NS/c1-8(2)4-3-7(5-8)6-9/h7H,3-6H2,1-2H3/p+1. The molecular weight excluding hydrogens is 130 g/mol. The lowest BCUT2D eigenvalue weighted by atomic mass is 10.2. The number of thiol groups is 1. The van der Waals surface area contributed by atoms with Crippen molar-refractivity contribution < 1.29 is 4.48 Å². The third kappa shape index (κ3) is 1.87. The lowest BCUT2D eigenvalue weighted by Gasteiger charge is -2.22. The van der Waals surface area contributed by atoms with Gasteiger partial charge in [-0.05, 0) is 5.75 Å². The third-order valence-electron chi connectivity index (χ3n) is 2.15. The van der Waals surface area contributed by atoms with Crippen LogP contribution in [0.2, 0.25) is 0 Å². The van der Waals surface area contributed by atoms with Crippen LogP contribution in [0.1, 0.15) is 6.42 Å². The lowest BCUT2D eigenvalue weighted by Crippen LogP contribution is -2.36. The molecule has 1 unspecified atom stereocenters. The Hall–Kier alpha value is 0.310. The van der Waals surface area contributed by atoms with Crippen LogP contribution in [0, 0.1) is 5.92 Å². The van der Waals surface area contributed by atoms with Crippen molar-refractivity contribution in [2.75, 3.05) is 32.9 Å². The molecule has 0 aliphatic carbocycles. The molecule has 1 rings (SSSR count). The van der Waals surface area contributed by atoms with Gasteiger partial charge in [0, 0.05) is 12.3 Å². The van der Waals surface area contributed by atoms with Gasteiger partial charge >= 0.3 is 0 Å². The van der Waals surface area contributed by atoms with Crippen molar-refractivity contribution in [3.63, 3.8) is 0 Å². The first-order chi connectivity index (χ1) is 4.14. The van der Waals surface area contributed by atoms with Gasteiger partial charge in [-0.1, -0.05) is 0 Å². The van der Waals surface area contributed by atoms with Gasteiger partial charge in [-0.2, -0.15) is 12.6 Å². The number of nitrogens with zero attached hydrogens (tertiary/aromatic N) is 1. The SMILES string of the molecule is C[N+]1(C)CCC(CS)C1. The van der Waals surface area contributed by atoms with Crippen molar-refractivity contribution in [2.24, 2.45) is 5.92 Å². The van der Waals surface area contributed by atoms with Crippen molar-refractivity contribution in [3.8, 4) is 0 Å². The molecule has 1 aliphatic heterocycles. The summed E-state index contributed by atoms with van der Waals surface area (Å²) >= 11 is 4.28. The first kappa shape index (κ1) is 7.42. The molecule has 1 nitrogen and oxygen atoms in total. The van der Waals surface area contributed by atoms with E-state index in [0.29, 0.717) is 0 Å². The van der Waals surface area contributed by atoms with E-state index in [1.807, 2.05) is 0 Å². The number of rotatable bonds is 1. The van der Waals surface area contributed by atoms with Crippen LogP contribution in [0.4, 0.5) is 0 Å². The summed E-state index contributed by atoms with van der Waals surface area (Å²) in [6, 6.07) is 0. The van der Waals surface area contributed by atoms with Crippen molar-refractivity contribution in [2.45, 2.75) is 6.42 Å². The summed E-state index contributed by atoms with van der Waals surface area (Å²) in [4.78, 5) is 0. The van der Waals surface area contributed by atoms with Crippen molar-refractivity contribution in [3.05, 3.63) is 0 Å². The summed E-state index contributed by atoms with van der Waals surface area (Å²) in [5.74, 6) is 1.95. The van der Waals surface area contributed by atoms with Crippen LogP contribution in [-0.4, -0.2) is 37.4 Å². The van der Waals surface area contributed by atoms with E-state index in [1.165, 1.54) is 24.0 Å². The molecule has 0 N–H and O–H groups in total. The fourth-order valence-corrected chi connectivity index (χ4v) is 1.86. The van der Waals surface area contributed by atoms with Gasteiger partial charge in [0.15, 0.2) is 0 Å². The predicted octanol–water partition coefficient (Wildman–Crippen LogP) is 1.01. The fraction of sp³-hybridized carbons (Fsp3) is 1.00. The number of likely N-dealkylation sites (tertiary alicyclic amines) is 1. The smallest absolute Gasteiger partial charge is 0.0821 e. The Morgan fingerprint density at radius 3 is 2.44 bits per heavy atom. The average Bonchev–Trinajstić information content (AvgIpc) is 2.10. The first-order valence-electron chi connectivity index (χ1n) is 3.57. The zero-order valence-corrected chi connectivity index (χ0v) is 7.19. The molecule has 1 atom stereocenters. The summed E-state index contributed by atoms with van der Waals surface area (Å²) in [5, 5.41) is 0. The van der Waals surface area contributed by atoms with E-state index in [2.05, 4.69) is 26.7 Å². The van der Waals surface area contributed by atoms with E-state index < -0.39 is 0 Å². The van der Waals surface area contributed by atoms with E-state index in [9.17, 15) is 0 Å². The van der Waals surface area contributed by atoms with Crippen molar-refractivity contribution >= 4 is 12.6 Å². The number of quaternary nitrogens is 1. The molecule has 0 radical (unpaired) electrons. The van der Waals surface area contributed by atoms with Crippen molar-refractivity contribution in [1.29, 1.82) is 0 Å². The average molecular weight is 146 g/mol. The van der Waals surface area contributed by atoms with Crippen LogP contribution in [0.3, 0.4) is 0 Å². The molecule has 0 aromatic heterocycles. The van der Waals surface area contributed by atoms with Gasteiger partial charge in [0.25, 0.3) is 0 Å². The largest absolute Gasteiger partial charge is 0.328 e. The summed E-state index contributed by atoms with van der Waals surface area (Å²) < 4.78 is 1.20. The fourth-order valence-electron chi connectivity index (χ4n) is 1.56. The first-order valence-corrected chi connectivity index (χ1v) is 4.20. The Labute approximate surface area is 63.0 Å². The molecule has 0 saturated carbocycles. The maximum atomic E-state index is 4.28. The third-order valence-corrected chi connectivity index (χ3v) is 2.67. The lowest BCUT2D eigenvalue weighted by molar-refractivity contribution is -0.879. The summed E-state index contributed by atoms with van der Waals surface area (Å²) in [7, 11) is 4.59. The molecule has 9 heavy (non-hydrogen) atoms. The van der Waals surface area contributed by atoms with E-state index in [-0.39, 0.29) is 0 Å². The van der Waals surface area contributed by atoms with Gasteiger partial charge in [0.05, 0.1) is 27.2 Å².